The molecule has 1 aliphatic carbocycles. The van der Waals surface area contributed by atoms with Crippen LogP contribution in [0.15, 0.2) is 36.4 Å². The second-order valence-electron chi connectivity index (χ2n) is 8.13. The summed E-state index contributed by atoms with van der Waals surface area (Å²) in [5.41, 5.74) is 2.53. The fourth-order valence-corrected chi connectivity index (χ4v) is 3.73. The maximum absolute atomic E-state index is 12.8. The largest absolute Gasteiger partial charge is 0.482 e. The summed E-state index contributed by atoms with van der Waals surface area (Å²) < 4.78 is 43.3. The summed E-state index contributed by atoms with van der Waals surface area (Å²) >= 11 is 6.31. The first kappa shape index (κ1) is 22.5. The summed E-state index contributed by atoms with van der Waals surface area (Å²) in [5.74, 6) is -1.17. The molecule has 1 atom stereocenters. The smallest absolute Gasteiger partial charge is 0.422 e. The van der Waals surface area contributed by atoms with E-state index in [0.29, 0.717) is 34.9 Å². The zero-order valence-corrected chi connectivity index (χ0v) is 17.6. The predicted octanol–water partition coefficient (Wildman–Crippen LogP) is 7.04. The second-order valence-corrected chi connectivity index (χ2v) is 8.54. The van der Waals surface area contributed by atoms with Gasteiger partial charge in [0.25, 0.3) is 0 Å². The summed E-state index contributed by atoms with van der Waals surface area (Å²) in [6.07, 6.45) is -2.04. The van der Waals surface area contributed by atoms with Gasteiger partial charge in [0.15, 0.2) is 6.61 Å². The number of carboxylic acids is 1. The fourth-order valence-electron chi connectivity index (χ4n) is 3.44. The zero-order valence-electron chi connectivity index (χ0n) is 16.8. The van der Waals surface area contributed by atoms with E-state index in [-0.39, 0.29) is 10.8 Å². The van der Waals surface area contributed by atoms with Gasteiger partial charge in [-0.3, -0.25) is 4.79 Å². The number of hydrogen-bond donors (Lipinski definition) is 1. The highest BCUT2D eigenvalue weighted by Gasteiger charge is 2.33. The number of benzene rings is 2. The van der Waals surface area contributed by atoms with Crippen LogP contribution < -0.4 is 4.74 Å². The molecular weight excluding hydrogens is 417 g/mol. The lowest BCUT2D eigenvalue weighted by Gasteiger charge is -2.19. The van der Waals surface area contributed by atoms with E-state index in [1.165, 1.54) is 6.07 Å². The molecule has 0 unspecified atom stereocenters. The maximum atomic E-state index is 12.8. The number of hydrogen-bond acceptors (Lipinski definition) is 2. The SMILES string of the molecule is CC(C)c1ccc(-c2cc([C@@H](CC3CC3)C(=O)O)cc(Cl)c2OCC(F)(F)F)cc1. The van der Waals surface area contributed by atoms with Crippen molar-refractivity contribution in [2.24, 2.45) is 5.92 Å². The number of carboxylic acid groups (broad SMARTS) is 1. The molecule has 1 aliphatic rings. The van der Waals surface area contributed by atoms with E-state index in [1.807, 2.05) is 26.0 Å². The van der Waals surface area contributed by atoms with E-state index in [2.05, 4.69) is 0 Å². The molecule has 0 amide bonds. The van der Waals surface area contributed by atoms with Crippen molar-refractivity contribution in [1.29, 1.82) is 0 Å². The van der Waals surface area contributed by atoms with Crippen LogP contribution in [0, 0.1) is 5.92 Å². The summed E-state index contributed by atoms with van der Waals surface area (Å²) in [7, 11) is 0. The van der Waals surface area contributed by atoms with Crippen LogP contribution in [0.5, 0.6) is 5.75 Å². The summed E-state index contributed by atoms with van der Waals surface area (Å²) in [4.78, 5) is 11.9. The molecule has 0 spiro atoms. The predicted molar refractivity (Wildman–Crippen MR) is 110 cm³/mol. The highest BCUT2D eigenvalue weighted by atomic mass is 35.5. The first-order valence-corrected chi connectivity index (χ1v) is 10.3. The molecule has 30 heavy (non-hydrogen) atoms. The minimum absolute atomic E-state index is 0.0262. The molecule has 3 nitrogen and oxygen atoms in total. The second kappa shape index (κ2) is 8.88. The molecule has 0 aromatic heterocycles. The third-order valence-corrected chi connectivity index (χ3v) is 5.58. The van der Waals surface area contributed by atoms with E-state index in [4.69, 9.17) is 16.3 Å². The van der Waals surface area contributed by atoms with Crippen molar-refractivity contribution < 1.29 is 27.8 Å². The molecule has 0 aliphatic heterocycles. The molecule has 0 saturated heterocycles. The average Bonchev–Trinajstić information content (AvgIpc) is 3.48. The zero-order chi connectivity index (χ0) is 22.1. The van der Waals surface area contributed by atoms with Crippen molar-refractivity contribution in [3.05, 3.63) is 52.5 Å². The molecule has 3 rings (SSSR count). The summed E-state index contributed by atoms with van der Waals surface area (Å²) in [5, 5.41) is 9.68. The van der Waals surface area contributed by atoms with Crippen molar-refractivity contribution >= 4 is 17.6 Å². The lowest BCUT2D eigenvalue weighted by atomic mass is 9.90. The van der Waals surface area contributed by atoms with Crippen molar-refractivity contribution in [2.75, 3.05) is 6.61 Å². The molecule has 2 aromatic rings. The van der Waals surface area contributed by atoms with E-state index >= 15 is 0 Å². The van der Waals surface area contributed by atoms with E-state index in [0.717, 1.165) is 18.4 Å². The first-order chi connectivity index (χ1) is 14.0. The van der Waals surface area contributed by atoms with Gasteiger partial charge in [0.1, 0.15) is 5.75 Å². The highest BCUT2D eigenvalue weighted by Crippen LogP contribution is 2.44. The molecule has 7 heteroatoms. The maximum Gasteiger partial charge on any atom is 0.422 e. The van der Waals surface area contributed by atoms with Crippen LogP contribution in [0.1, 0.15) is 56.1 Å². The minimum atomic E-state index is -4.52. The van der Waals surface area contributed by atoms with Crippen LogP contribution in [-0.4, -0.2) is 23.9 Å². The Balaban J connectivity index is 2.06. The highest BCUT2D eigenvalue weighted by molar-refractivity contribution is 6.32. The van der Waals surface area contributed by atoms with E-state index in [9.17, 15) is 23.1 Å². The Morgan fingerprint density at radius 2 is 1.80 bits per heavy atom. The summed E-state index contributed by atoms with van der Waals surface area (Å²) in [6.45, 7) is 2.60. The Labute approximate surface area is 178 Å². The summed E-state index contributed by atoms with van der Waals surface area (Å²) in [6, 6.07) is 10.4. The third kappa shape index (κ3) is 5.69. The Hall–Kier alpha value is -2.21. The standard InChI is InChI=1S/C23H24ClF3O3/c1-13(2)15-5-7-16(8-6-15)18-10-17(19(22(28)29)9-14-3-4-14)11-20(24)21(18)30-12-23(25,26)27/h5-8,10-11,13-14,19H,3-4,9,12H2,1-2H3,(H,28,29)/t19-/m1/s1. The Kier molecular flexibility index (Phi) is 6.65. The number of ether oxygens (including phenoxy) is 1. The lowest BCUT2D eigenvalue weighted by Crippen LogP contribution is -2.20. The fraction of sp³-hybridized carbons (Fsp3) is 0.435. The van der Waals surface area contributed by atoms with Gasteiger partial charge >= 0.3 is 12.1 Å². The van der Waals surface area contributed by atoms with Crippen molar-refractivity contribution in [1.82, 2.24) is 0 Å². The van der Waals surface area contributed by atoms with Gasteiger partial charge in [0.05, 0.1) is 10.9 Å². The number of carbonyl (C=O) groups is 1. The molecule has 1 N–H and O–H groups in total. The number of rotatable bonds is 8. The number of alkyl halides is 3. The van der Waals surface area contributed by atoms with E-state index < -0.39 is 24.7 Å². The number of aliphatic carboxylic acids is 1. The molecule has 0 heterocycles. The molecule has 1 saturated carbocycles. The van der Waals surface area contributed by atoms with Gasteiger partial charge < -0.3 is 9.84 Å². The Morgan fingerprint density at radius 1 is 1.17 bits per heavy atom. The van der Waals surface area contributed by atoms with Gasteiger partial charge in [0, 0.05) is 5.56 Å². The Bertz CT molecular complexity index is 903. The average molecular weight is 441 g/mol. The molecule has 162 valence electrons. The van der Waals surface area contributed by atoms with Crippen molar-refractivity contribution in [3.63, 3.8) is 0 Å². The van der Waals surface area contributed by atoms with Crippen molar-refractivity contribution in [3.8, 4) is 16.9 Å². The van der Waals surface area contributed by atoms with Gasteiger partial charge in [-0.05, 0) is 47.1 Å². The van der Waals surface area contributed by atoms with Gasteiger partial charge in [-0.25, -0.2) is 0 Å². The van der Waals surface area contributed by atoms with Crippen LogP contribution in [0.3, 0.4) is 0 Å². The third-order valence-electron chi connectivity index (χ3n) is 5.30. The molecule has 0 bridgehead atoms. The minimum Gasteiger partial charge on any atom is -0.482 e. The van der Waals surface area contributed by atoms with Crippen LogP contribution in [0.4, 0.5) is 13.2 Å². The molecule has 2 aromatic carbocycles. The molecule has 1 fully saturated rings. The van der Waals surface area contributed by atoms with Gasteiger partial charge in [0.2, 0.25) is 0 Å². The quantitative estimate of drug-likeness (QED) is 0.478. The van der Waals surface area contributed by atoms with Crippen LogP contribution >= 0.6 is 11.6 Å². The van der Waals surface area contributed by atoms with Crippen LogP contribution in [0.2, 0.25) is 5.02 Å². The molecular formula is C23H24ClF3O3. The van der Waals surface area contributed by atoms with Gasteiger partial charge in [-0.1, -0.05) is 62.6 Å². The van der Waals surface area contributed by atoms with E-state index in [1.54, 1.807) is 18.2 Å². The lowest BCUT2D eigenvalue weighted by molar-refractivity contribution is -0.153. The molecule has 0 radical (unpaired) electrons. The monoisotopic (exact) mass is 440 g/mol. The van der Waals surface area contributed by atoms with Crippen LogP contribution in [0.25, 0.3) is 11.1 Å². The normalized spacial score (nSPS) is 15.3. The first-order valence-electron chi connectivity index (χ1n) is 9.91. The Morgan fingerprint density at radius 3 is 2.30 bits per heavy atom. The van der Waals surface area contributed by atoms with Gasteiger partial charge in [-0.15, -0.1) is 0 Å². The van der Waals surface area contributed by atoms with Crippen LogP contribution in [-0.2, 0) is 4.79 Å². The van der Waals surface area contributed by atoms with Gasteiger partial charge in [-0.2, -0.15) is 13.2 Å². The number of halogens is 4. The van der Waals surface area contributed by atoms with Crippen molar-refractivity contribution in [2.45, 2.75) is 51.1 Å². The topological polar surface area (TPSA) is 46.5 Å².